The minimum absolute atomic E-state index is 0.131. The fraction of sp³-hybridized carbons (Fsp3) is 0.316. The molecule has 8 heteroatoms. The highest BCUT2D eigenvalue weighted by atomic mass is 35.5. The molecule has 1 aliphatic carbocycles. The van der Waals surface area contributed by atoms with Crippen LogP contribution < -0.4 is 16.4 Å². The third-order valence-electron chi connectivity index (χ3n) is 5.25. The highest BCUT2D eigenvalue weighted by Gasteiger charge is 2.36. The van der Waals surface area contributed by atoms with Crippen molar-refractivity contribution in [3.8, 4) is 11.1 Å². The van der Waals surface area contributed by atoms with Gasteiger partial charge in [-0.05, 0) is 25.0 Å². The fourth-order valence-corrected chi connectivity index (χ4v) is 4.28. The molecule has 6 nitrogen and oxygen atoms in total. The van der Waals surface area contributed by atoms with Crippen LogP contribution in [0.25, 0.3) is 11.1 Å². The quantitative estimate of drug-likeness (QED) is 0.767. The van der Waals surface area contributed by atoms with Crippen molar-refractivity contribution < 1.29 is 4.79 Å². The second-order valence-corrected chi connectivity index (χ2v) is 7.75. The van der Waals surface area contributed by atoms with Crippen LogP contribution in [0.2, 0.25) is 10.0 Å². The monoisotopic (exact) mass is 403 g/mol. The van der Waals surface area contributed by atoms with Crippen molar-refractivity contribution in [2.24, 2.45) is 17.4 Å². The van der Waals surface area contributed by atoms with Crippen LogP contribution in [-0.2, 0) is 0 Å². The van der Waals surface area contributed by atoms with E-state index in [4.69, 9.17) is 34.7 Å². The standard InChI is InChI=1S/C19H19Cl2N5O/c1-9-15(11-3-2-4-13(20)16(11)21)17(18(23)27)25-19(24-9)26-7-10-5-6-14(22)12(10)8-26/h2-5,12,14H,6-8,22H2,1H3,(H2,23,27)/t12-,14-/m1/s1. The molecule has 0 radical (unpaired) electrons. The highest BCUT2D eigenvalue weighted by Crippen LogP contribution is 2.38. The van der Waals surface area contributed by atoms with Crippen LogP contribution in [0.15, 0.2) is 29.8 Å². The maximum atomic E-state index is 12.2. The Morgan fingerprint density at radius 2 is 2.07 bits per heavy atom. The summed E-state index contributed by atoms with van der Waals surface area (Å²) in [4.78, 5) is 23.3. The summed E-state index contributed by atoms with van der Waals surface area (Å²) in [7, 11) is 0. The van der Waals surface area contributed by atoms with Gasteiger partial charge in [-0.15, -0.1) is 0 Å². The summed E-state index contributed by atoms with van der Waals surface area (Å²) in [5, 5.41) is 0.731. The zero-order valence-corrected chi connectivity index (χ0v) is 16.3. The number of hydrogen-bond acceptors (Lipinski definition) is 5. The second-order valence-electron chi connectivity index (χ2n) is 6.96. The number of anilines is 1. The third-order valence-corrected chi connectivity index (χ3v) is 6.07. The molecule has 1 fully saturated rings. The SMILES string of the molecule is Cc1nc(N2CC3=CC[C@@H](N)[C@@H]3C2)nc(C(N)=O)c1-c1cccc(Cl)c1Cl. The van der Waals surface area contributed by atoms with E-state index in [0.717, 1.165) is 13.0 Å². The number of fused-ring (bicyclic) bond motifs is 1. The molecule has 2 atom stereocenters. The molecule has 2 heterocycles. The van der Waals surface area contributed by atoms with Gasteiger partial charge in [0.15, 0.2) is 0 Å². The molecule has 27 heavy (non-hydrogen) atoms. The second kappa shape index (κ2) is 6.78. The van der Waals surface area contributed by atoms with Crippen molar-refractivity contribution in [2.75, 3.05) is 18.0 Å². The van der Waals surface area contributed by atoms with E-state index in [9.17, 15) is 4.79 Å². The maximum Gasteiger partial charge on any atom is 0.268 e. The average Bonchev–Trinajstić information content (AvgIpc) is 3.19. The fourth-order valence-electron chi connectivity index (χ4n) is 3.88. The first-order valence-electron chi connectivity index (χ1n) is 8.69. The summed E-state index contributed by atoms with van der Waals surface area (Å²) < 4.78 is 0. The van der Waals surface area contributed by atoms with Gasteiger partial charge in [0, 0.05) is 36.2 Å². The molecule has 4 N–H and O–H groups in total. The average molecular weight is 404 g/mol. The van der Waals surface area contributed by atoms with Gasteiger partial charge in [0.1, 0.15) is 5.69 Å². The Morgan fingerprint density at radius 1 is 1.30 bits per heavy atom. The third kappa shape index (κ3) is 3.08. The van der Waals surface area contributed by atoms with E-state index < -0.39 is 5.91 Å². The molecule has 2 aromatic rings. The molecule has 4 rings (SSSR count). The lowest BCUT2D eigenvalue weighted by Crippen LogP contribution is -2.31. The van der Waals surface area contributed by atoms with E-state index in [1.165, 1.54) is 5.57 Å². The maximum absolute atomic E-state index is 12.2. The molecule has 0 bridgehead atoms. The van der Waals surface area contributed by atoms with Gasteiger partial charge in [-0.2, -0.15) is 0 Å². The smallest absolute Gasteiger partial charge is 0.268 e. The number of halogens is 2. The van der Waals surface area contributed by atoms with E-state index in [-0.39, 0.29) is 11.7 Å². The number of amides is 1. The zero-order chi connectivity index (χ0) is 19.3. The topological polar surface area (TPSA) is 98.1 Å². The molecule has 1 aliphatic heterocycles. The predicted octanol–water partition coefficient (Wildman–Crippen LogP) is 2.95. The van der Waals surface area contributed by atoms with Crippen LogP contribution in [0.5, 0.6) is 0 Å². The summed E-state index contributed by atoms with van der Waals surface area (Å²) in [6, 6.07) is 5.35. The van der Waals surface area contributed by atoms with Crippen molar-refractivity contribution in [1.82, 2.24) is 9.97 Å². The van der Waals surface area contributed by atoms with Crippen LogP contribution in [0, 0.1) is 12.8 Å². The number of carbonyl (C=O) groups excluding carboxylic acids is 1. The van der Waals surface area contributed by atoms with Gasteiger partial charge in [0.05, 0.1) is 15.7 Å². The Hall–Kier alpha value is -2.15. The number of carbonyl (C=O) groups is 1. The molecule has 140 valence electrons. The number of primary amides is 1. The lowest BCUT2D eigenvalue weighted by molar-refractivity contribution is 0.0996. The van der Waals surface area contributed by atoms with Gasteiger partial charge >= 0.3 is 0 Å². The van der Waals surface area contributed by atoms with Gasteiger partial charge in [-0.3, -0.25) is 4.79 Å². The Morgan fingerprint density at radius 3 is 2.78 bits per heavy atom. The predicted molar refractivity (Wildman–Crippen MR) is 107 cm³/mol. The largest absolute Gasteiger partial charge is 0.364 e. The molecular formula is C19H19Cl2N5O. The summed E-state index contributed by atoms with van der Waals surface area (Å²) in [6.07, 6.45) is 3.10. The van der Waals surface area contributed by atoms with E-state index in [1.807, 2.05) is 11.8 Å². The van der Waals surface area contributed by atoms with Crippen molar-refractivity contribution >= 4 is 35.1 Å². The van der Waals surface area contributed by atoms with Crippen molar-refractivity contribution in [2.45, 2.75) is 19.4 Å². The minimum atomic E-state index is -0.636. The molecule has 0 spiro atoms. The van der Waals surface area contributed by atoms with Crippen LogP contribution in [-0.4, -0.2) is 35.0 Å². The Kier molecular flexibility index (Phi) is 4.58. The number of aryl methyl sites for hydroxylation is 1. The summed E-state index contributed by atoms with van der Waals surface area (Å²) in [5.41, 5.74) is 15.0. The van der Waals surface area contributed by atoms with E-state index in [0.29, 0.717) is 45.3 Å². The van der Waals surface area contributed by atoms with Gasteiger partial charge in [-0.25, -0.2) is 9.97 Å². The number of nitrogens with zero attached hydrogens (tertiary/aromatic N) is 3. The summed E-state index contributed by atoms with van der Waals surface area (Å²) in [6.45, 7) is 3.27. The molecule has 0 saturated carbocycles. The van der Waals surface area contributed by atoms with Gasteiger partial charge in [-0.1, -0.05) is 41.4 Å². The lowest BCUT2D eigenvalue weighted by Gasteiger charge is -2.20. The van der Waals surface area contributed by atoms with Crippen LogP contribution in [0.4, 0.5) is 5.95 Å². The Bertz CT molecular complexity index is 975. The summed E-state index contributed by atoms with van der Waals surface area (Å²) >= 11 is 12.5. The van der Waals surface area contributed by atoms with E-state index in [2.05, 4.69) is 16.0 Å². The first-order valence-corrected chi connectivity index (χ1v) is 9.44. The lowest BCUT2D eigenvalue weighted by atomic mass is 10.0. The van der Waals surface area contributed by atoms with Crippen molar-refractivity contribution in [1.29, 1.82) is 0 Å². The van der Waals surface area contributed by atoms with E-state index in [1.54, 1.807) is 18.2 Å². The number of hydrogen-bond donors (Lipinski definition) is 2. The number of nitrogens with two attached hydrogens (primary N) is 2. The number of benzene rings is 1. The molecule has 1 amide bonds. The Labute approximate surface area is 167 Å². The normalized spacial score (nSPS) is 21.3. The number of aromatic nitrogens is 2. The van der Waals surface area contributed by atoms with Gasteiger partial charge in [0.25, 0.3) is 5.91 Å². The first kappa shape index (κ1) is 18.2. The van der Waals surface area contributed by atoms with E-state index >= 15 is 0 Å². The molecule has 1 saturated heterocycles. The molecule has 0 unspecified atom stereocenters. The van der Waals surface area contributed by atoms with Crippen molar-refractivity contribution in [3.63, 3.8) is 0 Å². The highest BCUT2D eigenvalue weighted by molar-refractivity contribution is 6.43. The minimum Gasteiger partial charge on any atom is -0.364 e. The molecule has 2 aliphatic rings. The van der Waals surface area contributed by atoms with Crippen LogP contribution in [0.3, 0.4) is 0 Å². The summed E-state index contributed by atoms with van der Waals surface area (Å²) in [5.74, 6) is 0.154. The van der Waals surface area contributed by atoms with Gasteiger partial charge < -0.3 is 16.4 Å². The number of rotatable bonds is 3. The molecule has 1 aromatic carbocycles. The molecule has 1 aromatic heterocycles. The Balaban J connectivity index is 1.80. The van der Waals surface area contributed by atoms with Crippen LogP contribution in [0.1, 0.15) is 22.6 Å². The van der Waals surface area contributed by atoms with Crippen LogP contribution >= 0.6 is 23.2 Å². The zero-order valence-electron chi connectivity index (χ0n) is 14.7. The molecular weight excluding hydrogens is 385 g/mol. The van der Waals surface area contributed by atoms with Crippen molar-refractivity contribution in [3.05, 3.63) is 51.3 Å². The first-order chi connectivity index (χ1) is 12.9. The van der Waals surface area contributed by atoms with Gasteiger partial charge in [0.2, 0.25) is 5.95 Å².